The fraction of sp³-hybridized carbons (Fsp3) is 0.286. The Hall–Kier alpha value is -2.08. The first-order chi connectivity index (χ1) is 9.52. The smallest absolute Gasteiger partial charge is 0.342 e. The number of phenols is 2. The molecule has 0 saturated heterocycles. The van der Waals surface area contributed by atoms with Crippen molar-refractivity contribution in [3.8, 4) is 11.5 Å². The molecule has 5 nitrogen and oxygen atoms in total. The maximum absolute atomic E-state index is 11.9. The molecule has 0 amide bonds. The number of carbonyl (C=O) groups excluding carboxylic acids is 1. The van der Waals surface area contributed by atoms with E-state index in [0.717, 1.165) is 11.4 Å². The van der Waals surface area contributed by atoms with E-state index in [1.807, 2.05) is 12.3 Å². The minimum absolute atomic E-state index is 0.0451. The summed E-state index contributed by atoms with van der Waals surface area (Å²) < 4.78 is 5.08. The number of hydrogen-bond donors (Lipinski definition) is 2. The second kappa shape index (κ2) is 5.92. The lowest BCUT2D eigenvalue weighted by Gasteiger charge is -2.08. The number of nitrogens with zero attached hydrogens (tertiary/aromatic N) is 1. The van der Waals surface area contributed by atoms with Crippen LogP contribution in [-0.2, 0) is 17.8 Å². The molecule has 0 atom stereocenters. The van der Waals surface area contributed by atoms with Crippen molar-refractivity contribution in [2.75, 3.05) is 0 Å². The summed E-state index contributed by atoms with van der Waals surface area (Å²) in [6, 6.07) is 2.97. The summed E-state index contributed by atoms with van der Waals surface area (Å²) in [6.07, 6.45) is 0.839. The van der Waals surface area contributed by atoms with E-state index in [1.54, 1.807) is 13.0 Å². The molecule has 106 valence electrons. The fourth-order valence-corrected chi connectivity index (χ4v) is 2.37. The average Bonchev–Trinajstić information content (AvgIpc) is 2.90. The van der Waals surface area contributed by atoms with Crippen LogP contribution in [0.5, 0.6) is 11.5 Å². The summed E-state index contributed by atoms with van der Waals surface area (Å²) >= 11 is 1.51. The molecule has 0 aliphatic heterocycles. The van der Waals surface area contributed by atoms with Gasteiger partial charge in [-0.15, -0.1) is 11.3 Å². The van der Waals surface area contributed by atoms with Gasteiger partial charge in [0, 0.05) is 5.38 Å². The maximum atomic E-state index is 11.9. The van der Waals surface area contributed by atoms with Crippen LogP contribution >= 0.6 is 11.3 Å². The number of aromatic hydroxyl groups is 2. The third-order valence-corrected chi connectivity index (χ3v) is 3.87. The predicted molar refractivity (Wildman–Crippen MR) is 75.1 cm³/mol. The zero-order valence-electron chi connectivity index (χ0n) is 11.2. The summed E-state index contributed by atoms with van der Waals surface area (Å²) in [5.41, 5.74) is 1.11. The van der Waals surface area contributed by atoms with Gasteiger partial charge in [-0.25, -0.2) is 9.78 Å². The Morgan fingerprint density at radius 3 is 2.75 bits per heavy atom. The summed E-state index contributed by atoms with van der Waals surface area (Å²) in [4.78, 5) is 16.1. The van der Waals surface area contributed by atoms with Gasteiger partial charge in [-0.05, 0) is 25.0 Å². The average molecular weight is 293 g/mol. The minimum atomic E-state index is -0.691. The third-order valence-electron chi connectivity index (χ3n) is 2.83. The van der Waals surface area contributed by atoms with Crippen LogP contribution in [0.3, 0.4) is 0 Å². The molecule has 0 aliphatic rings. The van der Waals surface area contributed by atoms with Crippen LogP contribution in [0, 0.1) is 6.92 Å². The highest BCUT2D eigenvalue weighted by Gasteiger charge is 2.17. The molecule has 1 heterocycles. The van der Waals surface area contributed by atoms with Gasteiger partial charge in [0.25, 0.3) is 0 Å². The second-order valence-electron chi connectivity index (χ2n) is 4.29. The molecular weight excluding hydrogens is 278 g/mol. The highest BCUT2D eigenvalue weighted by molar-refractivity contribution is 7.09. The first kappa shape index (κ1) is 14.3. The number of aromatic nitrogens is 1. The van der Waals surface area contributed by atoms with Gasteiger partial charge in [-0.2, -0.15) is 0 Å². The molecule has 0 saturated carbocycles. The highest BCUT2D eigenvalue weighted by Crippen LogP contribution is 2.32. The van der Waals surface area contributed by atoms with Crippen LogP contribution < -0.4 is 0 Å². The molecule has 1 aromatic heterocycles. The van der Waals surface area contributed by atoms with Crippen LogP contribution in [-0.4, -0.2) is 21.2 Å². The first-order valence-electron chi connectivity index (χ1n) is 6.14. The van der Waals surface area contributed by atoms with Crippen LogP contribution in [0.1, 0.15) is 33.5 Å². The van der Waals surface area contributed by atoms with Crippen molar-refractivity contribution in [3.05, 3.63) is 39.3 Å². The molecule has 2 rings (SSSR count). The van der Waals surface area contributed by atoms with Gasteiger partial charge in [-0.3, -0.25) is 0 Å². The SMILES string of the molecule is CCc1nc(COC(=O)c2ccc(C)c(O)c2O)cs1. The van der Waals surface area contributed by atoms with Crippen LogP contribution in [0.4, 0.5) is 0 Å². The van der Waals surface area contributed by atoms with E-state index in [1.165, 1.54) is 17.4 Å². The molecule has 6 heteroatoms. The van der Waals surface area contributed by atoms with E-state index in [2.05, 4.69) is 4.98 Å². The number of aryl methyl sites for hydroxylation is 2. The Bertz CT molecular complexity index is 636. The van der Waals surface area contributed by atoms with Gasteiger partial charge in [0.15, 0.2) is 11.5 Å². The zero-order chi connectivity index (χ0) is 14.7. The molecule has 1 aromatic carbocycles. The van der Waals surface area contributed by atoms with E-state index >= 15 is 0 Å². The number of phenolic OH excluding ortho intramolecular Hbond substituents is 2. The molecule has 2 aromatic rings. The second-order valence-corrected chi connectivity index (χ2v) is 5.23. The van der Waals surface area contributed by atoms with E-state index in [0.29, 0.717) is 11.3 Å². The summed E-state index contributed by atoms with van der Waals surface area (Å²) in [5, 5.41) is 22.1. The largest absolute Gasteiger partial charge is 0.504 e. The van der Waals surface area contributed by atoms with E-state index in [-0.39, 0.29) is 17.9 Å². The number of hydrogen-bond acceptors (Lipinski definition) is 6. The van der Waals surface area contributed by atoms with Crippen molar-refractivity contribution in [1.29, 1.82) is 0 Å². The van der Waals surface area contributed by atoms with Crippen LogP contribution in [0.25, 0.3) is 0 Å². The topological polar surface area (TPSA) is 79.7 Å². The van der Waals surface area contributed by atoms with E-state index < -0.39 is 11.7 Å². The van der Waals surface area contributed by atoms with Crippen molar-refractivity contribution >= 4 is 17.3 Å². The molecule has 0 spiro atoms. The molecule has 0 aliphatic carbocycles. The lowest BCUT2D eigenvalue weighted by Crippen LogP contribution is -2.06. The Labute approximate surface area is 120 Å². The van der Waals surface area contributed by atoms with Crippen molar-refractivity contribution in [3.63, 3.8) is 0 Å². The lowest BCUT2D eigenvalue weighted by molar-refractivity contribution is 0.0464. The van der Waals surface area contributed by atoms with E-state index in [9.17, 15) is 15.0 Å². The number of carbonyl (C=O) groups is 1. The molecule has 0 radical (unpaired) electrons. The normalized spacial score (nSPS) is 10.5. The number of ether oxygens (including phenoxy) is 1. The first-order valence-corrected chi connectivity index (χ1v) is 7.02. The van der Waals surface area contributed by atoms with Crippen molar-refractivity contribution in [1.82, 2.24) is 4.98 Å². The van der Waals surface area contributed by atoms with Crippen molar-refractivity contribution in [2.45, 2.75) is 26.9 Å². The van der Waals surface area contributed by atoms with Gasteiger partial charge in [-0.1, -0.05) is 13.0 Å². The molecule has 0 fully saturated rings. The predicted octanol–water partition coefficient (Wildman–Crippen LogP) is 2.78. The Morgan fingerprint density at radius 1 is 1.35 bits per heavy atom. The van der Waals surface area contributed by atoms with Gasteiger partial charge in [0.2, 0.25) is 0 Å². The van der Waals surface area contributed by atoms with Crippen LogP contribution in [0.15, 0.2) is 17.5 Å². The zero-order valence-corrected chi connectivity index (χ0v) is 12.0. The Morgan fingerprint density at radius 2 is 2.10 bits per heavy atom. The van der Waals surface area contributed by atoms with Crippen LogP contribution in [0.2, 0.25) is 0 Å². The number of rotatable bonds is 4. The standard InChI is InChI=1S/C14H15NO4S/c1-3-11-15-9(7-20-11)6-19-14(18)10-5-4-8(2)12(16)13(10)17/h4-5,7,16-17H,3,6H2,1-2H3. The Kier molecular flexibility index (Phi) is 4.24. The quantitative estimate of drug-likeness (QED) is 0.669. The molecule has 0 unspecified atom stereocenters. The molecular formula is C14H15NO4S. The molecule has 0 bridgehead atoms. The lowest BCUT2D eigenvalue weighted by atomic mass is 10.1. The minimum Gasteiger partial charge on any atom is -0.504 e. The van der Waals surface area contributed by atoms with Gasteiger partial charge in [0.1, 0.15) is 12.2 Å². The third kappa shape index (κ3) is 2.91. The number of benzene rings is 1. The number of thiazole rings is 1. The molecule has 2 N–H and O–H groups in total. The molecule has 20 heavy (non-hydrogen) atoms. The summed E-state index contributed by atoms with van der Waals surface area (Å²) in [7, 11) is 0. The van der Waals surface area contributed by atoms with Crippen molar-refractivity contribution < 1.29 is 19.7 Å². The van der Waals surface area contributed by atoms with Gasteiger partial charge < -0.3 is 14.9 Å². The summed E-state index contributed by atoms with van der Waals surface area (Å²) in [5.74, 6) is -1.45. The fourth-order valence-electron chi connectivity index (χ4n) is 1.64. The summed E-state index contributed by atoms with van der Waals surface area (Å²) in [6.45, 7) is 3.68. The van der Waals surface area contributed by atoms with E-state index in [4.69, 9.17) is 4.74 Å². The van der Waals surface area contributed by atoms with Crippen molar-refractivity contribution in [2.24, 2.45) is 0 Å². The van der Waals surface area contributed by atoms with Gasteiger partial charge >= 0.3 is 5.97 Å². The maximum Gasteiger partial charge on any atom is 0.342 e. The van der Waals surface area contributed by atoms with Gasteiger partial charge in [0.05, 0.1) is 10.7 Å². The monoisotopic (exact) mass is 293 g/mol. The highest BCUT2D eigenvalue weighted by atomic mass is 32.1. The number of esters is 1. The Balaban J connectivity index is 2.07.